The van der Waals surface area contributed by atoms with E-state index in [0.29, 0.717) is 5.56 Å². The van der Waals surface area contributed by atoms with Gasteiger partial charge in [0.15, 0.2) is 12.4 Å². The molecule has 0 bridgehead atoms. The summed E-state index contributed by atoms with van der Waals surface area (Å²) >= 11 is 0. The molecule has 8 nitrogen and oxygen atoms in total. The average Bonchev–Trinajstić information content (AvgIpc) is 2.65. The Morgan fingerprint density at radius 1 is 1.04 bits per heavy atom. The van der Waals surface area contributed by atoms with Gasteiger partial charge in [-0.2, -0.15) is 0 Å². The summed E-state index contributed by atoms with van der Waals surface area (Å²) in [6, 6.07) is 12.6. The Labute approximate surface area is 149 Å². The SMILES string of the molecule is CCOC(=O)NNC(=O)COc1ccc(C(=O)c2ccccc2)c(O)c1. The molecule has 0 aliphatic heterocycles. The van der Waals surface area contributed by atoms with Crippen LogP contribution >= 0.6 is 0 Å². The minimum Gasteiger partial charge on any atom is -0.507 e. The van der Waals surface area contributed by atoms with Crippen LogP contribution in [0.4, 0.5) is 4.79 Å². The van der Waals surface area contributed by atoms with Gasteiger partial charge in [0, 0.05) is 11.6 Å². The number of phenols is 1. The van der Waals surface area contributed by atoms with Crippen LogP contribution in [0.15, 0.2) is 48.5 Å². The molecule has 2 amide bonds. The highest BCUT2D eigenvalue weighted by atomic mass is 16.6. The monoisotopic (exact) mass is 358 g/mol. The number of hydrogen-bond acceptors (Lipinski definition) is 6. The number of benzene rings is 2. The summed E-state index contributed by atoms with van der Waals surface area (Å²) in [6.45, 7) is 1.40. The van der Waals surface area contributed by atoms with Crippen molar-refractivity contribution >= 4 is 17.8 Å². The van der Waals surface area contributed by atoms with Gasteiger partial charge >= 0.3 is 6.09 Å². The number of carbonyl (C=O) groups is 3. The highest BCUT2D eigenvalue weighted by molar-refractivity contribution is 6.10. The number of phenolic OH excluding ortho intramolecular Hbond substituents is 1. The zero-order valence-corrected chi connectivity index (χ0v) is 14.0. The van der Waals surface area contributed by atoms with Crippen LogP contribution in [-0.2, 0) is 9.53 Å². The maximum Gasteiger partial charge on any atom is 0.426 e. The molecule has 0 aliphatic carbocycles. The minimum absolute atomic E-state index is 0.122. The van der Waals surface area contributed by atoms with Crippen LogP contribution in [0, 0.1) is 0 Å². The molecule has 2 aromatic rings. The molecule has 0 saturated heterocycles. The summed E-state index contributed by atoms with van der Waals surface area (Å²) in [7, 11) is 0. The molecule has 136 valence electrons. The third-order valence-electron chi connectivity index (χ3n) is 3.20. The first kappa shape index (κ1) is 18.8. The van der Waals surface area contributed by atoms with Gasteiger partial charge in [-0.25, -0.2) is 10.2 Å². The summed E-state index contributed by atoms with van der Waals surface area (Å²) in [4.78, 5) is 34.9. The lowest BCUT2D eigenvalue weighted by molar-refractivity contribution is -0.124. The van der Waals surface area contributed by atoms with Gasteiger partial charge in [0.1, 0.15) is 11.5 Å². The molecule has 0 fully saturated rings. The van der Waals surface area contributed by atoms with E-state index in [9.17, 15) is 19.5 Å². The first-order chi connectivity index (χ1) is 12.5. The largest absolute Gasteiger partial charge is 0.507 e. The fourth-order valence-electron chi connectivity index (χ4n) is 2.01. The van der Waals surface area contributed by atoms with Crippen LogP contribution in [0.5, 0.6) is 11.5 Å². The Hall–Kier alpha value is -3.55. The molecule has 2 aromatic carbocycles. The molecular weight excluding hydrogens is 340 g/mol. The number of ether oxygens (including phenoxy) is 2. The van der Waals surface area contributed by atoms with Crippen molar-refractivity contribution < 1.29 is 29.0 Å². The van der Waals surface area contributed by atoms with Crippen LogP contribution in [-0.4, -0.2) is 36.1 Å². The van der Waals surface area contributed by atoms with Crippen LogP contribution < -0.4 is 15.6 Å². The number of ketones is 1. The molecule has 26 heavy (non-hydrogen) atoms. The first-order valence-electron chi connectivity index (χ1n) is 7.78. The molecule has 0 aromatic heterocycles. The van der Waals surface area contributed by atoms with Crippen molar-refractivity contribution in [1.82, 2.24) is 10.9 Å². The second-order valence-corrected chi connectivity index (χ2v) is 5.06. The van der Waals surface area contributed by atoms with Gasteiger partial charge in [0.05, 0.1) is 12.2 Å². The number of rotatable bonds is 6. The van der Waals surface area contributed by atoms with Crippen molar-refractivity contribution in [2.24, 2.45) is 0 Å². The number of hydrogen-bond donors (Lipinski definition) is 3. The van der Waals surface area contributed by atoms with Crippen LogP contribution in [0.1, 0.15) is 22.8 Å². The molecule has 3 N–H and O–H groups in total. The van der Waals surface area contributed by atoms with Gasteiger partial charge in [-0.1, -0.05) is 30.3 Å². The third-order valence-corrected chi connectivity index (χ3v) is 3.20. The van der Waals surface area contributed by atoms with E-state index >= 15 is 0 Å². The molecule has 0 atom stereocenters. The van der Waals surface area contributed by atoms with Crippen LogP contribution in [0.3, 0.4) is 0 Å². The second kappa shape index (κ2) is 9.07. The lowest BCUT2D eigenvalue weighted by Crippen LogP contribution is -2.44. The Bertz CT molecular complexity index is 792. The molecular formula is C18H18N2O6. The quantitative estimate of drug-likeness (QED) is 0.536. The molecule has 0 spiro atoms. The molecule has 2 rings (SSSR count). The van der Waals surface area contributed by atoms with Gasteiger partial charge in [0.2, 0.25) is 0 Å². The predicted molar refractivity (Wildman–Crippen MR) is 91.8 cm³/mol. The zero-order chi connectivity index (χ0) is 18.9. The Morgan fingerprint density at radius 3 is 2.42 bits per heavy atom. The van der Waals surface area contributed by atoms with Crippen molar-refractivity contribution in [2.75, 3.05) is 13.2 Å². The topological polar surface area (TPSA) is 114 Å². The number of amides is 2. The number of hydrazine groups is 1. The Kier molecular flexibility index (Phi) is 6.55. The van der Waals surface area contributed by atoms with Gasteiger partial charge < -0.3 is 14.6 Å². The van der Waals surface area contributed by atoms with Crippen molar-refractivity contribution in [3.8, 4) is 11.5 Å². The fraction of sp³-hybridized carbons (Fsp3) is 0.167. The van der Waals surface area contributed by atoms with Gasteiger partial charge in [-0.05, 0) is 19.1 Å². The van der Waals surface area contributed by atoms with Crippen LogP contribution in [0.2, 0.25) is 0 Å². The summed E-state index contributed by atoms with van der Waals surface area (Å²) in [5, 5.41) is 10.0. The van der Waals surface area contributed by atoms with E-state index in [2.05, 4.69) is 10.2 Å². The van der Waals surface area contributed by atoms with Crippen molar-refractivity contribution in [1.29, 1.82) is 0 Å². The van der Waals surface area contributed by atoms with E-state index in [0.717, 1.165) is 0 Å². The van der Waals surface area contributed by atoms with Gasteiger partial charge in [-0.3, -0.25) is 15.0 Å². The molecule has 0 saturated carbocycles. The highest BCUT2D eigenvalue weighted by Crippen LogP contribution is 2.25. The van der Waals surface area contributed by atoms with Crippen molar-refractivity contribution in [2.45, 2.75) is 6.92 Å². The maximum absolute atomic E-state index is 12.3. The predicted octanol–water partition coefficient (Wildman–Crippen LogP) is 1.78. The van der Waals surface area contributed by atoms with Gasteiger partial charge in [0.25, 0.3) is 5.91 Å². The summed E-state index contributed by atoms with van der Waals surface area (Å²) in [5.74, 6) is -1.02. The van der Waals surface area contributed by atoms with Gasteiger partial charge in [-0.15, -0.1) is 0 Å². The summed E-state index contributed by atoms with van der Waals surface area (Å²) in [5.41, 5.74) is 4.70. The Balaban J connectivity index is 1.92. The molecule has 8 heteroatoms. The van der Waals surface area contributed by atoms with Crippen molar-refractivity contribution in [3.05, 3.63) is 59.7 Å². The van der Waals surface area contributed by atoms with Crippen molar-refractivity contribution in [3.63, 3.8) is 0 Å². The van der Waals surface area contributed by atoms with E-state index in [1.807, 2.05) is 5.43 Å². The number of aromatic hydroxyl groups is 1. The smallest absolute Gasteiger partial charge is 0.426 e. The summed E-state index contributed by atoms with van der Waals surface area (Å²) < 4.78 is 9.78. The highest BCUT2D eigenvalue weighted by Gasteiger charge is 2.14. The Morgan fingerprint density at radius 2 is 1.77 bits per heavy atom. The lowest BCUT2D eigenvalue weighted by atomic mass is 10.0. The standard InChI is InChI=1S/C18H18N2O6/c1-2-25-18(24)20-19-16(22)11-26-13-8-9-14(15(21)10-13)17(23)12-6-4-3-5-7-12/h3-10,21H,2,11H2,1H3,(H,19,22)(H,20,24). The zero-order valence-electron chi connectivity index (χ0n) is 14.0. The third kappa shape index (κ3) is 5.23. The fourth-order valence-corrected chi connectivity index (χ4v) is 2.01. The van der Waals surface area contributed by atoms with E-state index in [4.69, 9.17) is 4.74 Å². The van der Waals surface area contributed by atoms with E-state index in [-0.39, 0.29) is 29.5 Å². The summed E-state index contributed by atoms with van der Waals surface area (Å²) in [6.07, 6.45) is -0.790. The number of nitrogens with one attached hydrogen (secondary N) is 2. The average molecular weight is 358 g/mol. The normalized spacial score (nSPS) is 9.88. The lowest BCUT2D eigenvalue weighted by Gasteiger charge is -2.10. The molecule has 0 unspecified atom stereocenters. The molecule has 0 radical (unpaired) electrons. The number of carbonyl (C=O) groups excluding carboxylic acids is 3. The van der Waals surface area contributed by atoms with E-state index in [1.165, 1.54) is 18.2 Å². The maximum atomic E-state index is 12.3. The molecule has 0 aliphatic rings. The van der Waals surface area contributed by atoms with E-state index in [1.54, 1.807) is 37.3 Å². The second-order valence-electron chi connectivity index (χ2n) is 5.06. The van der Waals surface area contributed by atoms with Crippen LogP contribution in [0.25, 0.3) is 0 Å². The molecule has 0 heterocycles. The van der Waals surface area contributed by atoms with E-state index < -0.39 is 18.6 Å². The minimum atomic E-state index is -0.790. The first-order valence-corrected chi connectivity index (χ1v) is 7.78.